The summed E-state index contributed by atoms with van der Waals surface area (Å²) in [7, 11) is 0. The molecule has 0 fully saturated rings. The third-order valence-electron chi connectivity index (χ3n) is 3.87. The number of hydrogen-bond donors (Lipinski definition) is 2. The predicted molar refractivity (Wildman–Crippen MR) is 96.6 cm³/mol. The zero-order valence-corrected chi connectivity index (χ0v) is 14.1. The molecule has 126 valence electrons. The van der Waals surface area contributed by atoms with Crippen LogP contribution in [0.5, 0.6) is 5.75 Å². The van der Waals surface area contributed by atoms with Crippen LogP contribution in [0.15, 0.2) is 48.7 Å². The second kappa shape index (κ2) is 8.18. The lowest BCUT2D eigenvalue weighted by atomic mass is 10.1. The Hall–Kier alpha value is -2.04. The van der Waals surface area contributed by atoms with Gasteiger partial charge in [0.2, 0.25) is 0 Å². The summed E-state index contributed by atoms with van der Waals surface area (Å²) in [6, 6.07) is 13.6. The lowest BCUT2D eigenvalue weighted by Crippen LogP contribution is -2.16. The Kier molecular flexibility index (Phi) is 5.72. The quantitative estimate of drug-likeness (QED) is 0.589. The molecular weight excluding hydrogens is 327 g/mol. The molecule has 0 saturated carbocycles. The Morgan fingerprint density at radius 3 is 2.96 bits per heavy atom. The molecule has 24 heavy (non-hydrogen) atoms. The van der Waals surface area contributed by atoms with E-state index >= 15 is 0 Å². The van der Waals surface area contributed by atoms with Crippen molar-refractivity contribution in [2.24, 2.45) is 0 Å². The van der Waals surface area contributed by atoms with Crippen LogP contribution in [-0.4, -0.2) is 24.8 Å². The minimum absolute atomic E-state index is 0.0972. The fourth-order valence-electron chi connectivity index (χ4n) is 2.71. The second-order valence-electron chi connectivity index (χ2n) is 5.62. The molecule has 0 aliphatic heterocycles. The average Bonchev–Trinajstić information content (AvgIpc) is 2.99. The van der Waals surface area contributed by atoms with Gasteiger partial charge in [-0.05, 0) is 54.4 Å². The third-order valence-corrected chi connectivity index (χ3v) is 4.11. The van der Waals surface area contributed by atoms with Gasteiger partial charge in [0.15, 0.2) is 0 Å². The summed E-state index contributed by atoms with van der Waals surface area (Å²) < 4.78 is 17.5. The molecule has 0 saturated heterocycles. The Balaban J connectivity index is 1.52. The van der Waals surface area contributed by atoms with Gasteiger partial charge in [-0.1, -0.05) is 23.7 Å². The first-order valence-corrected chi connectivity index (χ1v) is 8.38. The van der Waals surface area contributed by atoms with Crippen LogP contribution in [0.25, 0.3) is 10.9 Å². The van der Waals surface area contributed by atoms with E-state index in [1.54, 1.807) is 0 Å². The predicted octanol–water partition coefficient (Wildman–Crippen LogP) is 4.50. The summed E-state index contributed by atoms with van der Waals surface area (Å²) in [6.45, 7) is 1.22. The third kappa shape index (κ3) is 4.28. The molecule has 3 nitrogen and oxygen atoms in total. The first-order chi connectivity index (χ1) is 11.8. The minimum atomic E-state index is -0.475. The number of alkyl halides is 1. The molecule has 3 rings (SSSR count). The van der Waals surface area contributed by atoms with Gasteiger partial charge in [-0.15, -0.1) is 0 Å². The second-order valence-corrected chi connectivity index (χ2v) is 6.05. The Labute approximate surface area is 145 Å². The van der Waals surface area contributed by atoms with E-state index in [0.717, 1.165) is 35.6 Å². The van der Waals surface area contributed by atoms with Crippen molar-refractivity contribution < 1.29 is 9.13 Å². The lowest BCUT2D eigenvalue weighted by molar-refractivity contribution is 0.273. The van der Waals surface area contributed by atoms with Crippen LogP contribution in [0.2, 0.25) is 5.02 Å². The van der Waals surface area contributed by atoms with Gasteiger partial charge in [-0.25, -0.2) is 4.39 Å². The Morgan fingerprint density at radius 1 is 1.17 bits per heavy atom. The molecule has 0 aliphatic rings. The number of aromatic amines is 1. The van der Waals surface area contributed by atoms with E-state index in [2.05, 4.69) is 10.3 Å². The van der Waals surface area contributed by atoms with Crippen LogP contribution in [-0.2, 0) is 13.0 Å². The van der Waals surface area contributed by atoms with Gasteiger partial charge in [0.05, 0.1) is 0 Å². The van der Waals surface area contributed by atoms with E-state index < -0.39 is 6.67 Å². The molecular formula is C19H20ClFN2O. The fourth-order valence-corrected chi connectivity index (χ4v) is 2.89. The zero-order valence-electron chi connectivity index (χ0n) is 13.3. The van der Waals surface area contributed by atoms with E-state index in [1.807, 2.05) is 48.7 Å². The highest BCUT2D eigenvalue weighted by Crippen LogP contribution is 2.22. The number of rotatable bonds is 8. The molecule has 0 aliphatic carbocycles. The number of fused-ring (bicyclic) bond motifs is 1. The summed E-state index contributed by atoms with van der Waals surface area (Å²) >= 11 is 6.08. The van der Waals surface area contributed by atoms with E-state index in [4.69, 9.17) is 16.3 Å². The van der Waals surface area contributed by atoms with E-state index in [9.17, 15) is 4.39 Å². The molecule has 0 spiro atoms. The summed E-state index contributed by atoms with van der Waals surface area (Å²) in [6.07, 6.45) is 2.95. The Morgan fingerprint density at radius 2 is 2.08 bits per heavy atom. The molecule has 0 amide bonds. The van der Waals surface area contributed by atoms with Gasteiger partial charge in [-0.2, -0.15) is 0 Å². The van der Waals surface area contributed by atoms with Gasteiger partial charge in [0, 0.05) is 28.7 Å². The average molecular weight is 347 g/mol. The highest BCUT2D eigenvalue weighted by Gasteiger charge is 2.04. The van der Waals surface area contributed by atoms with Crippen LogP contribution < -0.4 is 10.1 Å². The van der Waals surface area contributed by atoms with Gasteiger partial charge in [0.25, 0.3) is 0 Å². The summed E-state index contributed by atoms with van der Waals surface area (Å²) in [5, 5.41) is 5.35. The highest BCUT2D eigenvalue weighted by molar-refractivity contribution is 6.31. The molecule has 2 N–H and O–H groups in total. The first-order valence-electron chi connectivity index (χ1n) is 8.00. The number of nitrogens with one attached hydrogen (secondary N) is 2. The largest absolute Gasteiger partial charge is 0.491 e. The normalized spacial score (nSPS) is 11.1. The van der Waals surface area contributed by atoms with Crippen molar-refractivity contribution >= 4 is 22.5 Å². The zero-order chi connectivity index (χ0) is 16.8. The van der Waals surface area contributed by atoms with Gasteiger partial charge < -0.3 is 15.0 Å². The van der Waals surface area contributed by atoms with Crippen molar-refractivity contribution in [3.8, 4) is 5.75 Å². The molecule has 0 atom stereocenters. The smallest absolute Gasteiger partial charge is 0.123 e. The summed E-state index contributed by atoms with van der Waals surface area (Å²) in [5.41, 5.74) is 3.47. The maximum Gasteiger partial charge on any atom is 0.123 e. The molecule has 2 aromatic carbocycles. The molecule has 1 heterocycles. The van der Waals surface area contributed by atoms with Gasteiger partial charge in [0.1, 0.15) is 19.0 Å². The van der Waals surface area contributed by atoms with Gasteiger partial charge in [-0.3, -0.25) is 0 Å². The molecule has 5 heteroatoms. The number of H-pyrrole nitrogens is 1. The standard InChI is InChI=1S/C19H20ClFN2O/c20-16-4-5-19-18(11-16)15(13-23-19)6-8-22-12-14-2-1-3-17(10-14)24-9-7-21/h1-5,10-11,13,22-23H,6-9,12H2. The summed E-state index contributed by atoms with van der Waals surface area (Å²) in [4.78, 5) is 3.27. The van der Waals surface area contributed by atoms with Crippen LogP contribution in [0.1, 0.15) is 11.1 Å². The minimum Gasteiger partial charge on any atom is -0.491 e. The topological polar surface area (TPSA) is 37.0 Å². The monoisotopic (exact) mass is 346 g/mol. The molecule has 0 radical (unpaired) electrons. The van der Waals surface area contributed by atoms with Crippen molar-refractivity contribution in [3.05, 3.63) is 64.8 Å². The molecule has 0 unspecified atom stereocenters. The van der Waals surface area contributed by atoms with Crippen LogP contribution in [0, 0.1) is 0 Å². The van der Waals surface area contributed by atoms with Crippen molar-refractivity contribution in [1.82, 2.24) is 10.3 Å². The highest BCUT2D eigenvalue weighted by atomic mass is 35.5. The van der Waals surface area contributed by atoms with Crippen molar-refractivity contribution in [2.45, 2.75) is 13.0 Å². The van der Waals surface area contributed by atoms with Crippen LogP contribution in [0.4, 0.5) is 4.39 Å². The molecule has 1 aromatic heterocycles. The number of halogens is 2. The van der Waals surface area contributed by atoms with Crippen molar-refractivity contribution in [3.63, 3.8) is 0 Å². The maximum atomic E-state index is 12.2. The Bertz CT molecular complexity index is 803. The SMILES string of the molecule is FCCOc1cccc(CNCCc2c[nH]c3ccc(Cl)cc23)c1. The number of benzene rings is 2. The van der Waals surface area contributed by atoms with Gasteiger partial charge >= 0.3 is 0 Å². The number of aromatic nitrogens is 1. The molecule has 0 bridgehead atoms. The van der Waals surface area contributed by atoms with Crippen molar-refractivity contribution in [1.29, 1.82) is 0 Å². The van der Waals surface area contributed by atoms with E-state index in [1.165, 1.54) is 10.9 Å². The van der Waals surface area contributed by atoms with E-state index in [-0.39, 0.29) is 6.61 Å². The molecule has 3 aromatic rings. The summed E-state index contributed by atoms with van der Waals surface area (Å²) in [5.74, 6) is 0.707. The maximum absolute atomic E-state index is 12.2. The lowest BCUT2D eigenvalue weighted by Gasteiger charge is -2.08. The fraction of sp³-hybridized carbons (Fsp3) is 0.263. The number of hydrogen-bond acceptors (Lipinski definition) is 2. The van der Waals surface area contributed by atoms with Crippen LogP contribution in [0.3, 0.4) is 0 Å². The first kappa shape index (κ1) is 16.8. The van der Waals surface area contributed by atoms with E-state index in [0.29, 0.717) is 5.75 Å². The van der Waals surface area contributed by atoms with Crippen molar-refractivity contribution in [2.75, 3.05) is 19.8 Å². The number of ether oxygens (including phenoxy) is 1. The van der Waals surface area contributed by atoms with Crippen LogP contribution >= 0.6 is 11.6 Å².